The van der Waals surface area contributed by atoms with Crippen LogP contribution in [-0.4, -0.2) is 106 Å². The second-order valence-electron chi connectivity index (χ2n) is 15.9. The van der Waals surface area contributed by atoms with Crippen LogP contribution in [0.3, 0.4) is 0 Å². The molecule has 1 aliphatic carbocycles. The first kappa shape index (κ1) is 51.9. The van der Waals surface area contributed by atoms with Gasteiger partial charge in [-0.25, -0.2) is 4.79 Å². The summed E-state index contributed by atoms with van der Waals surface area (Å²) in [6.07, 6.45) is -0.952. The summed E-state index contributed by atoms with van der Waals surface area (Å²) in [5.74, 6) is 4.81. The molecule has 1 unspecified atom stereocenters. The number of benzene rings is 5. The van der Waals surface area contributed by atoms with Gasteiger partial charge < -0.3 is 50.1 Å². The van der Waals surface area contributed by atoms with Gasteiger partial charge in [0.05, 0.1) is 88.0 Å². The summed E-state index contributed by atoms with van der Waals surface area (Å²) >= 11 is 0. The number of hydrogen-bond acceptors (Lipinski definition) is 12. The molecule has 0 fully saturated rings. The number of nitrogens with two attached hydrogens (primary N) is 1. The number of fused-ring (bicyclic) bond motifs is 5. The fourth-order valence-electron chi connectivity index (χ4n) is 7.89. The van der Waals surface area contributed by atoms with E-state index in [0.29, 0.717) is 59.3 Å². The Kier molecular flexibility index (Phi) is 20.4. The number of nitrogens with one attached hydrogen (secondary N) is 2. The van der Waals surface area contributed by atoms with Crippen molar-refractivity contribution in [2.24, 2.45) is 5.73 Å². The quantitative estimate of drug-likeness (QED) is 0.0224. The van der Waals surface area contributed by atoms with Crippen molar-refractivity contribution < 1.29 is 52.9 Å². The third kappa shape index (κ3) is 15.3. The number of aliphatic carboxylic acids is 1. The lowest BCUT2D eigenvalue weighted by molar-refractivity contribution is -0.385. The third-order valence-electron chi connectivity index (χ3n) is 11.2. The van der Waals surface area contributed by atoms with Crippen LogP contribution in [0.4, 0.5) is 16.2 Å². The van der Waals surface area contributed by atoms with Crippen molar-refractivity contribution in [1.82, 2.24) is 10.6 Å². The number of nitro groups is 1. The van der Waals surface area contributed by atoms with E-state index in [2.05, 4.69) is 22.5 Å². The maximum Gasteiger partial charge on any atom is 0.407 e. The molecule has 1 atom stereocenters. The summed E-state index contributed by atoms with van der Waals surface area (Å²) in [5.41, 5.74) is 12.9. The van der Waals surface area contributed by atoms with Crippen LogP contribution in [0.15, 0.2) is 121 Å². The monoisotopic (exact) mass is 955 g/mol. The number of carboxylic acids is 1. The van der Waals surface area contributed by atoms with Crippen LogP contribution in [0.2, 0.25) is 0 Å². The summed E-state index contributed by atoms with van der Waals surface area (Å²) in [6.45, 7) is 4.86. The van der Waals surface area contributed by atoms with Crippen molar-refractivity contribution in [2.75, 3.05) is 77.5 Å². The molecule has 7 rings (SSSR count). The lowest BCUT2D eigenvalue weighted by atomic mass is 9.98. The number of anilines is 1. The number of carbonyl (C=O) groups is 4. The number of nitro benzene ring substituents is 1. The standard InChI is InChI=1S/C29H37N3O6.C24H20N2O6/c30-13-16-36-18-20-38-22-21-37-19-17-35-15-12-28(33)31-14-11-29(34)32-23-26-7-2-1-5-24(26)9-10-25-6-3-4-8-27(25)32;27-23(28)13-21(19-11-5-6-12-22(19)26(30)31)25-24(29)32-14-20-17-9-3-1-7-15(17)16-8-2-4-10-18(16)20/h1-8H,11-23,30H2,(H,31,33);1-12,20-21H,13-14H2,(H,25,29)(H,27,28). The molecular weight excluding hydrogens is 899 g/mol. The predicted molar refractivity (Wildman–Crippen MR) is 261 cm³/mol. The number of carboxylic acid groups (broad SMARTS) is 1. The molecule has 5 aromatic carbocycles. The SMILES string of the molecule is NCCOCCOCCOCCOCCC(=O)NCCC(=O)N1Cc2ccccc2C#Cc2ccccc21.O=C(O)CC(NC(=O)OCC1c2ccccc2-c2ccccc21)c1ccccc1[N+](=O)[O-]. The summed E-state index contributed by atoms with van der Waals surface area (Å²) in [7, 11) is 0. The highest BCUT2D eigenvalue weighted by molar-refractivity contribution is 5.95. The van der Waals surface area contributed by atoms with Crippen molar-refractivity contribution in [3.05, 3.63) is 165 Å². The first-order valence-corrected chi connectivity index (χ1v) is 23.0. The van der Waals surface area contributed by atoms with E-state index < -0.39 is 29.4 Å². The Morgan fingerprint density at radius 2 is 1.27 bits per heavy atom. The molecule has 5 N–H and O–H groups in total. The van der Waals surface area contributed by atoms with Gasteiger partial charge in [0.25, 0.3) is 5.69 Å². The highest BCUT2D eigenvalue weighted by Crippen LogP contribution is 2.44. The minimum atomic E-state index is -1.20. The average molecular weight is 956 g/mol. The Balaban J connectivity index is 0.000000233. The largest absolute Gasteiger partial charge is 0.481 e. The van der Waals surface area contributed by atoms with E-state index >= 15 is 0 Å². The van der Waals surface area contributed by atoms with E-state index in [0.717, 1.165) is 44.6 Å². The summed E-state index contributed by atoms with van der Waals surface area (Å²) in [5, 5.41) is 25.9. The molecule has 17 heteroatoms. The molecule has 70 heavy (non-hydrogen) atoms. The number of hydrogen-bond donors (Lipinski definition) is 4. The maximum atomic E-state index is 13.2. The molecule has 0 bridgehead atoms. The Bertz CT molecular complexity index is 2590. The number of alkyl carbamates (subject to hydrolysis) is 1. The molecule has 0 spiro atoms. The molecule has 366 valence electrons. The first-order valence-electron chi connectivity index (χ1n) is 23.0. The minimum absolute atomic E-state index is 0.0521. The van der Waals surface area contributed by atoms with E-state index in [1.807, 2.05) is 97.1 Å². The smallest absolute Gasteiger partial charge is 0.407 e. The molecule has 0 saturated carbocycles. The van der Waals surface area contributed by atoms with Gasteiger partial charge in [-0.3, -0.25) is 24.5 Å². The number of ether oxygens (including phenoxy) is 5. The number of carbonyl (C=O) groups excluding carboxylic acids is 3. The number of rotatable bonds is 24. The van der Waals surface area contributed by atoms with Gasteiger partial charge in [-0.15, -0.1) is 0 Å². The highest BCUT2D eigenvalue weighted by atomic mass is 16.6. The van der Waals surface area contributed by atoms with Crippen molar-refractivity contribution in [1.29, 1.82) is 0 Å². The topological polar surface area (TPSA) is 231 Å². The lowest BCUT2D eigenvalue weighted by Gasteiger charge is -2.26. The maximum absolute atomic E-state index is 13.2. The zero-order valence-corrected chi connectivity index (χ0v) is 38.7. The minimum Gasteiger partial charge on any atom is -0.481 e. The molecule has 0 radical (unpaired) electrons. The Morgan fingerprint density at radius 3 is 1.93 bits per heavy atom. The van der Waals surface area contributed by atoms with Gasteiger partial charge >= 0.3 is 12.1 Å². The highest BCUT2D eigenvalue weighted by Gasteiger charge is 2.31. The van der Waals surface area contributed by atoms with Crippen LogP contribution in [0.5, 0.6) is 0 Å². The number of nitrogens with zero attached hydrogens (tertiary/aromatic N) is 2. The number of para-hydroxylation sites is 2. The van der Waals surface area contributed by atoms with Crippen molar-refractivity contribution in [2.45, 2.75) is 37.8 Å². The zero-order chi connectivity index (χ0) is 49.5. The van der Waals surface area contributed by atoms with Gasteiger partial charge in [0.1, 0.15) is 6.61 Å². The molecule has 2 aliphatic rings. The fraction of sp³-hybridized carbons (Fsp3) is 0.321. The normalized spacial score (nSPS) is 12.4. The first-order chi connectivity index (χ1) is 34.1. The van der Waals surface area contributed by atoms with Crippen LogP contribution in [0.1, 0.15) is 64.6 Å². The summed E-state index contributed by atoms with van der Waals surface area (Å²) in [6, 6.07) is 35.9. The molecule has 1 heterocycles. The van der Waals surface area contributed by atoms with Gasteiger partial charge in [-0.2, -0.15) is 0 Å². The Hall–Kier alpha value is -7.46. The van der Waals surface area contributed by atoms with E-state index in [9.17, 15) is 34.4 Å². The van der Waals surface area contributed by atoms with Crippen LogP contribution < -0.4 is 21.3 Å². The van der Waals surface area contributed by atoms with Crippen molar-refractivity contribution in [3.63, 3.8) is 0 Å². The Morgan fingerprint density at radius 1 is 0.714 bits per heavy atom. The molecular formula is C53H57N5O12. The summed E-state index contributed by atoms with van der Waals surface area (Å²) in [4.78, 5) is 61.7. The second kappa shape index (κ2) is 27.5. The van der Waals surface area contributed by atoms with Crippen LogP contribution >= 0.6 is 0 Å². The molecule has 3 amide bonds. The van der Waals surface area contributed by atoms with Crippen molar-refractivity contribution >= 4 is 35.3 Å². The van der Waals surface area contributed by atoms with Crippen LogP contribution in [-0.2, 0) is 44.6 Å². The van der Waals surface area contributed by atoms with Gasteiger partial charge in [-0.1, -0.05) is 109 Å². The summed E-state index contributed by atoms with van der Waals surface area (Å²) < 4.78 is 26.9. The molecule has 0 aromatic heterocycles. The average Bonchev–Trinajstić information content (AvgIpc) is 3.68. The molecule has 5 aromatic rings. The number of amides is 3. The van der Waals surface area contributed by atoms with Crippen LogP contribution in [0, 0.1) is 22.0 Å². The molecule has 1 aliphatic heterocycles. The van der Waals surface area contributed by atoms with Crippen molar-refractivity contribution in [3.8, 4) is 23.0 Å². The lowest BCUT2D eigenvalue weighted by Crippen LogP contribution is -2.35. The van der Waals surface area contributed by atoms with E-state index in [1.54, 1.807) is 11.0 Å². The van der Waals surface area contributed by atoms with Crippen LogP contribution in [0.25, 0.3) is 11.1 Å². The van der Waals surface area contributed by atoms with E-state index in [-0.39, 0.29) is 61.6 Å². The Labute approximate surface area is 406 Å². The fourth-order valence-corrected chi connectivity index (χ4v) is 7.89. The molecule has 17 nitrogen and oxygen atoms in total. The van der Waals surface area contributed by atoms with Gasteiger partial charge in [0.2, 0.25) is 11.8 Å². The van der Waals surface area contributed by atoms with E-state index in [4.69, 9.17) is 29.4 Å². The predicted octanol–water partition coefficient (Wildman–Crippen LogP) is 6.50. The van der Waals surface area contributed by atoms with Gasteiger partial charge in [0.15, 0.2) is 0 Å². The third-order valence-corrected chi connectivity index (χ3v) is 11.2. The zero-order valence-electron chi connectivity index (χ0n) is 38.7. The second-order valence-corrected chi connectivity index (χ2v) is 15.9. The van der Waals surface area contributed by atoms with Gasteiger partial charge in [-0.05, 0) is 46.0 Å². The van der Waals surface area contributed by atoms with Gasteiger partial charge in [0, 0.05) is 49.0 Å². The molecule has 0 saturated heterocycles. The van der Waals surface area contributed by atoms with E-state index in [1.165, 1.54) is 18.2 Å².